The summed E-state index contributed by atoms with van der Waals surface area (Å²) >= 11 is 1.69. The van der Waals surface area contributed by atoms with E-state index in [9.17, 15) is 4.79 Å². The van der Waals surface area contributed by atoms with Gasteiger partial charge in [-0.05, 0) is 48.2 Å². The quantitative estimate of drug-likeness (QED) is 0.709. The fourth-order valence-corrected chi connectivity index (χ4v) is 3.95. The second kappa shape index (κ2) is 6.96. The molecular formula is C20H22N4OS. The van der Waals surface area contributed by atoms with Crippen molar-refractivity contribution < 1.29 is 4.79 Å². The van der Waals surface area contributed by atoms with Gasteiger partial charge in [0.2, 0.25) is 0 Å². The van der Waals surface area contributed by atoms with E-state index in [1.807, 2.05) is 54.2 Å². The van der Waals surface area contributed by atoms with Crippen LogP contribution < -0.4 is 4.90 Å². The minimum absolute atomic E-state index is 0.0858. The van der Waals surface area contributed by atoms with E-state index in [1.165, 1.54) is 4.88 Å². The van der Waals surface area contributed by atoms with Crippen molar-refractivity contribution in [2.24, 2.45) is 0 Å². The number of fused-ring (bicyclic) bond motifs is 1. The van der Waals surface area contributed by atoms with Crippen LogP contribution in [0.2, 0.25) is 0 Å². The number of amides is 1. The zero-order valence-corrected chi connectivity index (χ0v) is 15.9. The molecule has 0 aliphatic carbocycles. The first kappa shape index (κ1) is 16.8. The van der Waals surface area contributed by atoms with Crippen molar-refractivity contribution >= 4 is 22.9 Å². The standard InChI is InChI=1S/C20H22N4OS/c1-22(2)16-8-6-15(7-9-16)20(25)23-10-4-11-24-17(14-23)13-18(21-24)19-5-3-12-26-19/h3,5-9,12-13H,4,10-11,14H2,1-2H3. The molecule has 0 atom stereocenters. The minimum atomic E-state index is 0.0858. The molecule has 26 heavy (non-hydrogen) atoms. The summed E-state index contributed by atoms with van der Waals surface area (Å²) in [4.78, 5) is 18.1. The number of aromatic nitrogens is 2. The summed E-state index contributed by atoms with van der Waals surface area (Å²) in [6, 6.07) is 14.1. The predicted octanol–water partition coefficient (Wildman–Crippen LogP) is 3.72. The first-order valence-corrected chi connectivity index (χ1v) is 9.67. The van der Waals surface area contributed by atoms with Gasteiger partial charge < -0.3 is 9.80 Å². The van der Waals surface area contributed by atoms with Gasteiger partial charge in [-0.15, -0.1) is 11.3 Å². The lowest BCUT2D eigenvalue weighted by molar-refractivity contribution is 0.0746. The van der Waals surface area contributed by atoms with Gasteiger partial charge in [-0.3, -0.25) is 9.48 Å². The summed E-state index contributed by atoms with van der Waals surface area (Å²) in [6.07, 6.45) is 0.917. The van der Waals surface area contributed by atoms with Crippen molar-refractivity contribution in [2.75, 3.05) is 25.5 Å². The molecule has 0 fully saturated rings. The van der Waals surface area contributed by atoms with E-state index in [1.54, 1.807) is 11.3 Å². The first-order valence-electron chi connectivity index (χ1n) is 8.79. The molecule has 3 aromatic rings. The van der Waals surface area contributed by atoms with E-state index in [0.717, 1.165) is 42.1 Å². The number of aryl methyl sites for hydroxylation is 1. The van der Waals surface area contributed by atoms with Crippen LogP contribution in [0.1, 0.15) is 22.5 Å². The van der Waals surface area contributed by atoms with Crippen LogP contribution in [0.25, 0.3) is 10.6 Å². The number of anilines is 1. The number of hydrogen-bond acceptors (Lipinski definition) is 4. The van der Waals surface area contributed by atoms with Crippen LogP contribution >= 0.6 is 11.3 Å². The molecule has 0 saturated carbocycles. The molecule has 1 amide bonds. The van der Waals surface area contributed by atoms with Crippen LogP contribution in [-0.2, 0) is 13.1 Å². The van der Waals surface area contributed by atoms with Gasteiger partial charge in [-0.25, -0.2) is 0 Å². The maximum absolute atomic E-state index is 13.0. The highest BCUT2D eigenvalue weighted by Gasteiger charge is 2.22. The molecule has 0 N–H and O–H groups in total. The van der Waals surface area contributed by atoms with Crippen LogP contribution in [0.4, 0.5) is 5.69 Å². The van der Waals surface area contributed by atoms with E-state index >= 15 is 0 Å². The van der Waals surface area contributed by atoms with Gasteiger partial charge in [0, 0.05) is 38.4 Å². The Hall–Kier alpha value is -2.60. The Labute approximate surface area is 157 Å². The lowest BCUT2D eigenvalue weighted by Crippen LogP contribution is -2.30. The largest absolute Gasteiger partial charge is 0.378 e. The second-order valence-electron chi connectivity index (χ2n) is 6.74. The molecule has 0 bridgehead atoms. The molecule has 2 aromatic heterocycles. The number of carbonyl (C=O) groups is 1. The van der Waals surface area contributed by atoms with Gasteiger partial charge in [0.1, 0.15) is 5.69 Å². The molecule has 134 valence electrons. The average Bonchev–Trinajstić information content (AvgIpc) is 3.27. The SMILES string of the molecule is CN(C)c1ccc(C(=O)N2CCCn3nc(-c4cccs4)cc3C2)cc1. The van der Waals surface area contributed by atoms with Crippen molar-refractivity contribution in [1.29, 1.82) is 0 Å². The number of thiophene rings is 1. The van der Waals surface area contributed by atoms with Crippen molar-refractivity contribution in [3.8, 4) is 10.6 Å². The average molecular weight is 366 g/mol. The summed E-state index contributed by atoms with van der Waals surface area (Å²) in [5.41, 5.74) is 3.93. The fraction of sp³-hybridized carbons (Fsp3) is 0.300. The van der Waals surface area contributed by atoms with E-state index in [4.69, 9.17) is 5.10 Å². The van der Waals surface area contributed by atoms with Crippen molar-refractivity contribution in [3.05, 3.63) is 59.1 Å². The normalized spacial score (nSPS) is 14.0. The lowest BCUT2D eigenvalue weighted by Gasteiger charge is -2.20. The van der Waals surface area contributed by atoms with Crippen LogP contribution in [0.5, 0.6) is 0 Å². The summed E-state index contributed by atoms with van der Waals surface area (Å²) in [5, 5.41) is 6.80. The zero-order valence-electron chi connectivity index (χ0n) is 15.1. The first-order chi connectivity index (χ1) is 12.6. The smallest absolute Gasteiger partial charge is 0.254 e. The fourth-order valence-electron chi connectivity index (χ4n) is 3.27. The van der Waals surface area contributed by atoms with Gasteiger partial charge >= 0.3 is 0 Å². The molecule has 0 saturated heterocycles. The third-order valence-electron chi connectivity index (χ3n) is 4.71. The third kappa shape index (κ3) is 3.24. The summed E-state index contributed by atoms with van der Waals surface area (Å²) in [7, 11) is 4.00. The Kier molecular flexibility index (Phi) is 4.51. The third-order valence-corrected chi connectivity index (χ3v) is 5.60. The molecule has 1 aliphatic rings. The van der Waals surface area contributed by atoms with E-state index < -0.39 is 0 Å². The molecule has 3 heterocycles. The van der Waals surface area contributed by atoms with Gasteiger partial charge in [-0.2, -0.15) is 5.10 Å². The highest BCUT2D eigenvalue weighted by Crippen LogP contribution is 2.26. The maximum atomic E-state index is 13.0. The number of nitrogens with zero attached hydrogens (tertiary/aromatic N) is 4. The highest BCUT2D eigenvalue weighted by molar-refractivity contribution is 7.13. The van der Waals surface area contributed by atoms with Gasteiger partial charge in [-0.1, -0.05) is 6.07 Å². The molecule has 4 rings (SSSR count). The minimum Gasteiger partial charge on any atom is -0.378 e. The molecule has 1 aromatic carbocycles. The van der Waals surface area contributed by atoms with Crippen LogP contribution in [0.15, 0.2) is 47.8 Å². The maximum Gasteiger partial charge on any atom is 0.254 e. The Morgan fingerprint density at radius 2 is 1.96 bits per heavy atom. The highest BCUT2D eigenvalue weighted by atomic mass is 32.1. The van der Waals surface area contributed by atoms with Crippen LogP contribution in [0, 0.1) is 0 Å². The Morgan fingerprint density at radius 1 is 1.15 bits per heavy atom. The number of carbonyl (C=O) groups excluding carboxylic acids is 1. The van der Waals surface area contributed by atoms with Crippen molar-refractivity contribution in [1.82, 2.24) is 14.7 Å². The summed E-state index contributed by atoms with van der Waals surface area (Å²) in [5.74, 6) is 0.0858. The molecular weight excluding hydrogens is 344 g/mol. The molecule has 0 radical (unpaired) electrons. The molecule has 6 heteroatoms. The summed E-state index contributed by atoms with van der Waals surface area (Å²) < 4.78 is 2.05. The number of hydrogen-bond donors (Lipinski definition) is 0. The van der Waals surface area contributed by atoms with Gasteiger partial charge in [0.15, 0.2) is 0 Å². The van der Waals surface area contributed by atoms with Gasteiger partial charge in [0.05, 0.1) is 17.1 Å². The zero-order chi connectivity index (χ0) is 18.1. The molecule has 0 unspecified atom stereocenters. The monoisotopic (exact) mass is 366 g/mol. The van der Waals surface area contributed by atoms with Crippen LogP contribution in [-0.4, -0.2) is 41.2 Å². The van der Waals surface area contributed by atoms with E-state index in [2.05, 4.69) is 22.2 Å². The lowest BCUT2D eigenvalue weighted by atomic mass is 10.1. The second-order valence-corrected chi connectivity index (χ2v) is 7.69. The topological polar surface area (TPSA) is 41.4 Å². The van der Waals surface area contributed by atoms with E-state index in [0.29, 0.717) is 6.54 Å². The molecule has 0 spiro atoms. The van der Waals surface area contributed by atoms with E-state index in [-0.39, 0.29) is 5.91 Å². The van der Waals surface area contributed by atoms with Crippen molar-refractivity contribution in [2.45, 2.75) is 19.5 Å². The van der Waals surface area contributed by atoms with Crippen molar-refractivity contribution in [3.63, 3.8) is 0 Å². The predicted molar refractivity (Wildman–Crippen MR) is 106 cm³/mol. The summed E-state index contributed by atoms with van der Waals surface area (Å²) in [6.45, 7) is 2.21. The van der Waals surface area contributed by atoms with Gasteiger partial charge in [0.25, 0.3) is 5.91 Å². The Bertz CT molecular complexity index is 897. The Morgan fingerprint density at radius 3 is 2.65 bits per heavy atom. The van der Waals surface area contributed by atoms with Crippen LogP contribution in [0.3, 0.4) is 0 Å². The molecule has 1 aliphatic heterocycles. The number of rotatable bonds is 3. The Balaban J connectivity index is 1.55. The molecule has 5 nitrogen and oxygen atoms in total. The number of benzene rings is 1.